The van der Waals surface area contributed by atoms with Crippen LogP contribution >= 0.6 is 11.8 Å². The van der Waals surface area contributed by atoms with Crippen molar-refractivity contribution in [3.05, 3.63) is 39.2 Å². The van der Waals surface area contributed by atoms with Gasteiger partial charge in [0.05, 0.1) is 36.2 Å². The molecule has 0 spiro atoms. The van der Waals surface area contributed by atoms with Crippen LogP contribution in [0.15, 0.2) is 22.5 Å². The third-order valence-corrected chi connectivity index (χ3v) is 10.6. The second-order valence-corrected chi connectivity index (χ2v) is 12.2. The number of rotatable bonds is 1. The number of piperazine rings is 1. The average Bonchev–Trinajstić information content (AvgIpc) is 3.44. The molecule has 2 unspecified atom stereocenters. The molecule has 2 saturated heterocycles. The highest BCUT2D eigenvalue weighted by Gasteiger charge is 2.61. The number of Topliss-reactive ketones (excluding diaryl/α,β-unsaturated/α-hetero) is 3. The molecule has 216 valence electrons. The number of hydrogen-bond donors (Lipinski definition) is 2. The largest absolute Gasteiger partial charge is 0.507 e. The zero-order chi connectivity index (χ0) is 29.1. The first-order valence-electron chi connectivity index (χ1n) is 13.3. The first kappa shape index (κ1) is 26.5. The van der Waals surface area contributed by atoms with E-state index in [9.17, 15) is 29.4 Å². The zero-order valence-electron chi connectivity index (χ0n) is 22.8. The van der Waals surface area contributed by atoms with E-state index in [0.717, 1.165) is 11.8 Å². The molecule has 5 heterocycles. The minimum Gasteiger partial charge on any atom is -0.507 e. The van der Waals surface area contributed by atoms with Crippen molar-refractivity contribution in [2.75, 3.05) is 33.3 Å². The number of allylic oxidation sites excluding steroid dienone is 2. The topological polar surface area (TPSA) is 152 Å². The Morgan fingerprint density at radius 3 is 2.49 bits per heavy atom. The van der Waals surface area contributed by atoms with Gasteiger partial charge in [-0.2, -0.15) is 0 Å². The van der Waals surface area contributed by atoms with Gasteiger partial charge in [0.25, 0.3) is 0 Å². The Hall–Kier alpha value is -3.39. The summed E-state index contributed by atoms with van der Waals surface area (Å²) in [6.45, 7) is 2.86. The van der Waals surface area contributed by atoms with Crippen molar-refractivity contribution >= 4 is 35.1 Å². The van der Waals surface area contributed by atoms with Gasteiger partial charge in [0, 0.05) is 39.5 Å². The number of aromatic hydroxyl groups is 1. The second kappa shape index (κ2) is 9.05. The van der Waals surface area contributed by atoms with Crippen molar-refractivity contribution in [1.29, 1.82) is 0 Å². The number of aliphatic hydroxyl groups is 1. The highest BCUT2D eigenvalue weighted by molar-refractivity contribution is 8.00. The van der Waals surface area contributed by atoms with Crippen LogP contribution in [0.1, 0.15) is 41.3 Å². The van der Waals surface area contributed by atoms with E-state index in [1.54, 1.807) is 25.8 Å². The number of benzene rings is 1. The predicted molar refractivity (Wildman–Crippen MR) is 141 cm³/mol. The first-order valence-corrected chi connectivity index (χ1v) is 14.3. The minimum absolute atomic E-state index is 0.0254. The van der Waals surface area contributed by atoms with E-state index < -0.39 is 53.2 Å². The molecule has 6 atom stereocenters. The number of likely N-dealkylation sites (N-methyl/N-ethyl adjacent to an activating group) is 1. The molecule has 4 bridgehead atoms. The molecule has 1 aromatic carbocycles. The van der Waals surface area contributed by atoms with Crippen molar-refractivity contribution < 1.29 is 48.3 Å². The smallest absolute Gasteiger partial charge is 0.375 e. The monoisotopic (exact) mass is 584 g/mol. The van der Waals surface area contributed by atoms with Crippen LogP contribution in [0.3, 0.4) is 0 Å². The van der Waals surface area contributed by atoms with Crippen LogP contribution in [0.2, 0.25) is 0 Å². The maximum Gasteiger partial charge on any atom is 0.375 e. The molecule has 6 aliphatic rings. The van der Waals surface area contributed by atoms with Gasteiger partial charge in [-0.3, -0.25) is 24.2 Å². The summed E-state index contributed by atoms with van der Waals surface area (Å²) >= 11 is 1.12. The summed E-state index contributed by atoms with van der Waals surface area (Å²) in [5.41, 5.74) is 2.26. The molecule has 5 aliphatic heterocycles. The highest BCUT2D eigenvalue weighted by Crippen LogP contribution is 2.61. The van der Waals surface area contributed by atoms with Gasteiger partial charge < -0.3 is 29.2 Å². The SMILES string of the molecule is COC1=C(C)C(=O)C2=C(C1=O)C1[C@@H]3[C@@H]4SCC(=O)C(=O)OC[C@@H](c5c6c(c(C)c(O)c54)OCO6)N3[C@@H](O)C(C2)N1C. The molecular weight excluding hydrogens is 556 g/mol. The fourth-order valence-corrected chi connectivity index (χ4v) is 8.79. The molecule has 41 heavy (non-hydrogen) atoms. The molecule has 2 N–H and O–H groups in total. The molecular formula is C28H28N2O10S. The van der Waals surface area contributed by atoms with Gasteiger partial charge in [0.15, 0.2) is 23.0 Å². The quantitative estimate of drug-likeness (QED) is 0.273. The van der Waals surface area contributed by atoms with Crippen LogP contribution in [-0.2, 0) is 28.7 Å². The first-order chi connectivity index (χ1) is 19.6. The van der Waals surface area contributed by atoms with Gasteiger partial charge in [-0.25, -0.2) is 4.79 Å². The normalized spacial score (nSPS) is 33.0. The summed E-state index contributed by atoms with van der Waals surface area (Å²) < 4.78 is 22.4. The number of nitrogens with zero attached hydrogens (tertiary/aromatic N) is 2. The molecule has 0 radical (unpaired) electrons. The number of methoxy groups -OCH3 is 1. The Morgan fingerprint density at radius 1 is 1.02 bits per heavy atom. The Bertz CT molecular complexity index is 1530. The number of esters is 1. The van der Waals surface area contributed by atoms with E-state index in [1.165, 1.54) is 7.11 Å². The second-order valence-electron chi connectivity index (χ2n) is 11.1. The van der Waals surface area contributed by atoms with E-state index >= 15 is 0 Å². The van der Waals surface area contributed by atoms with Crippen molar-refractivity contribution in [1.82, 2.24) is 9.80 Å². The summed E-state index contributed by atoms with van der Waals surface area (Å²) in [7, 11) is 3.14. The maximum absolute atomic E-state index is 13.9. The Labute approximate surface area is 238 Å². The number of cyclic esters (lactones) is 1. The van der Waals surface area contributed by atoms with Crippen LogP contribution in [0.4, 0.5) is 0 Å². The van der Waals surface area contributed by atoms with Gasteiger partial charge in [-0.05, 0) is 27.3 Å². The lowest BCUT2D eigenvalue weighted by molar-refractivity contribution is -0.179. The highest BCUT2D eigenvalue weighted by atomic mass is 32.2. The number of phenols is 1. The number of carbonyl (C=O) groups excluding carboxylic acids is 4. The molecule has 1 aliphatic carbocycles. The third-order valence-electron chi connectivity index (χ3n) is 9.30. The number of ketones is 3. The van der Waals surface area contributed by atoms with Gasteiger partial charge in [-0.1, -0.05) is 0 Å². The fraction of sp³-hybridized carbons (Fsp3) is 0.500. The van der Waals surface area contributed by atoms with E-state index in [0.29, 0.717) is 33.8 Å². The summed E-state index contributed by atoms with van der Waals surface area (Å²) in [5.74, 6) is -2.03. The zero-order valence-corrected chi connectivity index (χ0v) is 23.6. The number of aliphatic hydroxyl groups excluding tert-OH is 1. The summed E-state index contributed by atoms with van der Waals surface area (Å²) in [4.78, 5) is 56.4. The van der Waals surface area contributed by atoms with Crippen molar-refractivity contribution in [3.63, 3.8) is 0 Å². The van der Waals surface area contributed by atoms with E-state index in [-0.39, 0.29) is 54.0 Å². The average molecular weight is 585 g/mol. The number of phenolic OH excluding ortho intramolecular Hbond substituents is 1. The van der Waals surface area contributed by atoms with Crippen LogP contribution in [-0.4, -0.2) is 101 Å². The molecule has 13 heteroatoms. The minimum atomic E-state index is -1.16. The molecule has 7 rings (SSSR count). The van der Waals surface area contributed by atoms with Gasteiger partial charge >= 0.3 is 5.97 Å². The van der Waals surface area contributed by atoms with Gasteiger partial charge in [0.1, 0.15) is 18.6 Å². The van der Waals surface area contributed by atoms with Crippen LogP contribution in [0.5, 0.6) is 17.2 Å². The van der Waals surface area contributed by atoms with Crippen molar-refractivity contribution in [2.45, 2.75) is 55.9 Å². The molecule has 0 saturated carbocycles. The molecule has 0 aromatic heterocycles. The van der Waals surface area contributed by atoms with Crippen LogP contribution in [0.25, 0.3) is 0 Å². The fourth-order valence-electron chi connectivity index (χ4n) is 7.45. The maximum atomic E-state index is 13.9. The van der Waals surface area contributed by atoms with E-state index in [2.05, 4.69) is 0 Å². The number of fused-ring (bicyclic) bond motifs is 8. The Morgan fingerprint density at radius 2 is 1.76 bits per heavy atom. The number of hydrogen-bond acceptors (Lipinski definition) is 13. The Balaban J connectivity index is 1.51. The summed E-state index contributed by atoms with van der Waals surface area (Å²) in [5, 5.41) is 22.9. The molecule has 12 nitrogen and oxygen atoms in total. The van der Waals surface area contributed by atoms with E-state index in [1.807, 2.05) is 4.90 Å². The molecule has 0 amide bonds. The number of carbonyl (C=O) groups is 4. The van der Waals surface area contributed by atoms with Crippen LogP contribution in [0, 0.1) is 6.92 Å². The van der Waals surface area contributed by atoms with Gasteiger partial charge in [-0.15, -0.1) is 11.8 Å². The number of thioether (sulfide) groups is 1. The summed E-state index contributed by atoms with van der Waals surface area (Å²) in [6, 6.07) is -2.87. The van der Waals surface area contributed by atoms with Gasteiger partial charge in [0.2, 0.25) is 18.4 Å². The third kappa shape index (κ3) is 3.34. The van der Waals surface area contributed by atoms with Crippen molar-refractivity contribution in [2.24, 2.45) is 0 Å². The summed E-state index contributed by atoms with van der Waals surface area (Å²) in [6.07, 6.45) is -1.04. The number of ether oxygens (including phenoxy) is 4. The molecule has 1 aromatic rings. The lowest BCUT2D eigenvalue weighted by atomic mass is 9.70. The van der Waals surface area contributed by atoms with Crippen LogP contribution < -0.4 is 9.47 Å². The lowest BCUT2D eigenvalue weighted by Crippen LogP contribution is -2.73. The predicted octanol–water partition coefficient (Wildman–Crippen LogP) is 0.828. The Kier molecular flexibility index (Phi) is 5.85. The lowest BCUT2D eigenvalue weighted by Gasteiger charge is -2.62. The van der Waals surface area contributed by atoms with Crippen molar-refractivity contribution in [3.8, 4) is 17.2 Å². The standard InChI is InChI=1S/C28H28N2O10S/c1-9-20(32)11-5-12-27(35)30-13-6-38-28(36)14(31)7-41-26(17-16(13)25-24(39-8-40-25)10(2)21(17)33)19(30)18(29(12)3)15(11)22(34)23(9)37-4/h12-13,18-19,26-27,33,35H,5-8H2,1-4H3/t12?,13-,18?,19+,26+,27-/m0/s1. The van der Waals surface area contributed by atoms with E-state index in [4.69, 9.17) is 18.9 Å². The molecule has 2 fully saturated rings.